The second kappa shape index (κ2) is 5.11. The third kappa shape index (κ3) is 2.33. The van der Waals surface area contributed by atoms with Crippen LogP contribution in [0, 0.1) is 0 Å². The van der Waals surface area contributed by atoms with E-state index in [0.29, 0.717) is 29.2 Å². The van der Waals surface area contributed by atoms with Crippen molar-refractivity contribution in [2.75, 3.05) is 0 Å². The quantitative estimate of drug-likeness (QED) is 0.623. The van der Waals surface area contributed by atoms with Gasteiger partial charge in [-0.15, -0.1) is 0 Å². The molecule has 98 valence electrons. The van der Waals surface area contributed by atoms with Gasteiger partial charge >= 0.3 is 0 Å². The molecule has 2 aliphatic heterocycles. The summed E-state index contributed by atoms with van der Waals surface area (Å²) in [6.45, 7) is 4.61. The summed E-state index contributed by atoms with van der Waals surface area (Å²) >= 11 is 2.01. The molecule has 1 saturated heterocycles. The molecule has 3 aliphatic rings. The van der Waals surface area contributed by atoms with Gasteiger partial charge in [-0.3, -0.25) is 4.99 Å². The smallest absolute Gasteiger partial charge is 0.160 e. The summed E-state index contributed by atoms with van der Waals surface area (Å²) in [6.07, 6.45) is 7.57. The molecule has 2 radical (unpaired) electrons. The molecule has 18 heavy (non-hydrogen) atoms. The molecule has 0 N–H and O–H groups in total. The zero-order valence-corrected chi connectivity index (χ0v) is 12.3. The van der Waals surface area contributed by atoms with Gasteiger partial charge in [-0.05, 0) is 33.1 Å². The monoisotopic (exact) mass is 262 g/mol. The summed E-state index contributed by atoms with van der Waals surface area (Å²) in [6, 6.07) is 1.85. The Morgan fingerprint density at radius 1 is 1.22 bits per heavy atom. The lowest BCUT2D eigenvalue weighted by molar-refractivity contribution is 0.204. The average Bonchev–Trinajstić information content (AvgIpc) is 2.59. The van der Waals surface area contributed by atoms with Crippen LogP contribution >= 0.6 is 11.8 Å². The van der Waals surface area contributed by atoms with Gasteiger partial charge in [-0.2, -0.15) is 0 Å². The Labute approximate surface area is 116 Å². The summed E-state index contributed by atoms with van der Waals surface area (Å²) < 4.78 is 0. The number of thioether (sulfide) groups is 1. The maximum Gasteiger partial charge on any atom is 0.160 e. The van der Waals surface area contributed by atoms with Gasteiger partial charge in [0.15, 0.2) is 5.17 Å². The molecule has 0 spiro atoms. The van der Waals surface area contributed by atoms with Crippen molar-refractivity contribution in [3.05, 3.63) is 0 Å². The molecule has 2 nitrogen and oxygen atoms in total. The van der Waals surface area contributed by atoms with Crippen LogP contribution in [0.5, 0.6) is 0 Å². The maximum absolute atomic E-state index is 6.24. The summed E-state index contributed by atoms with van der Waals surface area (Å²) in [4.78, 5) is 7.49. The Kier molecular flexibility index (Phi) is 3.66. The summed E-state index contributed by atoms with van der Waals surface area (Å²) in [5.74, 6) is 0.403. The fourth-order valence-corrected chi connectivity index (χ4v) is 5.48. The largest absolute Gasteiger partial charge is 0.345 e. The van der Waals surface area contributed by atoms with E-state index in [2.05, 4.69) is 18.7 Å². The number of rotatable bonds is 0. The van der Waals surface area contributed by atoms with Crippen molar-refractivity contribution in [1.82, 2.24) is 4.90 Å². The van der Waals surface area contributed by atoms with E-state index >= 15 is 0 Å². The van der Waals surface area contributed by atoms with Crippen LogP contribution in [0.2, 0.25) is 5.82 Å². The fraction of sp³-hybridized carbons (Fsp3) is 0.929. The van der Waals surface area contributed by atoms with Gasteiger partial charge in [0.2, 0.25) is 0 Å². The molecule has 0 amide bonds. The molecule has 4 heteroatoms. The highest BCUT2D eigenvalue weighted by Crippen LogP contribution is 2.44. The zero-order chi connectivity index (χ0) is 12.7. The van der Waals surface area contributed by atoms with Gasteiger partial charge in [0, 0.05) is 17.3 Å². The van der Waals surface area contributed by atoms with Crippen molar-refractivity contribution >= 4 is 24.8 Å². The third-order valence-corrected chi connectivity index (χ3v) is 5.95. The molecule has 0 bridgehead atoms. The molecule has 3 rings (SSSR count). The van der Waals surface area contributed by atoms with Crippen LogP contribution in [0.3, 0.4) is 0 Å². The standard InChI is InChI=1S/C14H23BN2S/c1-9-7-10(2)17-12-6-4-3-5-11(15)8-13(12)18-14(17)16-9/h9-13H,3-8H2,1-2H3. The predicted octanol–water partition coefficient (Wildman–Crippen LogP) is 3.23. The first-order valence-electron chi connectivity index (χ1n) is 7.43. The minimum atomic E-state index is 0.403. The third-order valence-electron chi connectivity index (χ3n) is 4.61. The normalized spacial score (nSPS) is 44.7. The van der Waals surface area contributed by atoms with Crippen LogP contribution in [0.4, 0.5) is 0 Å². The Morgan fingerprint density at radius 2 is 2.00 bits per heavy atom. The number of hydrogen-bond acceptors (Lipinski definition) is 3. The first kappa shape index (κ1) is 12.9. The molecule has 0 aromatic heterocycles. The lowest BCUT2D eigenvalue weighted by Gasteiger charge is -2.38. The number of fused-ring (bicyclic) bond motifs is 3. The molecule has 5 unspecified atom stereocenters. The van der Waals surface area contributed by atoms with Gasteiger partial charge in [0.05, 0.1) is 13.9 Å². The van der Waals surface area contributed by atoms with Crippen molar-refractivity contribution < 1.29 is 0 Å². The van der Waals surface area contributed by atoms with Gasteiger partial charge in [-0.1, -0.05) is 36.8 Å². The van der Waals surface area contributed by atoms with E-state index in [-0.39, 0.29) is 0 Å². The van der Waals surface area contributed by atoms with E-state index in [1.807, 2.05) is 11.8 Å². The van der Waals surface area contributed by atoms with Crippen LogP contribution in [0.1, 0.15) is 52.4 Å². The van der Waals surface area contributed by atoms with E-state index in [9.17, 15) is 0 Å². The summed E-state index contributed by atoms with van der Waals surface area (Å²) in [7, 11) is 6.24. The molecule has 5 atom stereocenters. The number of amidine groups is 1. The molecular weight excluding hydrogens is 239 g/mol. The maximum atomic E-state index is 6.24. The highest BCUT2D eigenvalue weighted by molar-refractivity contribution is 8.14. The van der Waals surface area contributed by atoms with E-state index in [1.165, 1.54) is 43.7 Å². The Morgan fingerprint density at radius 3 is 2.83 bits per heavy atom. The first-order valence-corrected chi connectivity index (χ1v) is 8.31. The minimum absolute atomic E-state index is 0.403. The SMILES string of the molecule is [B]C1CCCCC2C(C1)SC1=NC(C)CC(C)N12. The molecule has 1 aliphatic carbocycles. The highest BCUT2D eigenvalue weighted by Gasteiger charge is 2.43. The van der Waals surface area contributed by atoms with Crippen LogP contribution in [0.25, 0.3) is 0 Å². The molecule has 1 saturated carbocycles. The van der Waals surface area contributed by atoms with Gasteiger partial charge in [-0.25, -0.2) is 0 Å². The fourth-order valence-electron chi connectivity index (χ4n) is 3.76. The predicted molar refractivity (Wildman–Crippen MR) is 80.6 cm³/mol. The molecule has 0 aromatic rings. The molecule has 2 fully saturated rings. The Hall–Kier alpha value is -0.115. The second-order valence-corrected chi connectivity index (χ2v) is 7.46. The van der Waals surface area contributed by atoms with Crippen molar-refractivity contribution in [3.63, 3.8) is 0 Å². The van der Waals surface area contributed by atoms with Crippen LogP contribution in [0.15, 0.2) is 4.99 Å². The van der Waals surface area contributed by atoms with Crippen molar-refractivity contribution in [2.24, 2.45) is 4.99 Å². The number of nitrogens with zero attached hydrogens (tertiary/aromatic N) is 2. The Bertz CT molecular complexity index is 347. The lowest BCUT2D eigenvalue weighted by Crippen LogP contribution is -2.47. The van der Waals surface area contributed by atoms with Crippen molar-refractivity contribution in [1.29, 1.82) is 0 Å². The van der Waals surface area contributed by atoms with Crippen LogP contribution < -0.4 is 0 Å². The Balaban J connectivity index is 1.83. The van der Waals surface area contributed by atoms with E-state index in [4.69, 9.17) is 12.8 Å². The van der Waals surface area contributed by atoms with Crippen LogP contribution in [-0.4, -0.2) is 41.3 Å². The average molecular weight is 262 g/mol. The van der Waals surface area contributed by atoms with Gasteiger partial charge in [0.25, 0.3) is 0 Å². The zero-order valence-electron chi connectivity index (χ0n) is 11.5. The highest BCUT2D eigenvalue weighted by atomic mass is 32.2. The minimum Gasteiger partial charge on any atom is -0.345 e. The van der Waals surface area contributed by atoms with Gasteiger partial charge < -0.3 is 4.90 Å². The number of hydrogen-bond donors (Lipinski definition) is 0. The molecule has 0 aromatic carbocycles. The summed E-state index contributed by atoms with van der Waals surface area (Å²) in [5, 5.41) is 2.00. The van der Waals surface area contributed by atoms with Crippen molar-refractivity contribution in [3.8, 4) is 0 Å². The molecule has 2 heterocycles. The van der Waals surface area contributed by atoms with E-state index in [1.54, 1.807) is 0 Å². The van der Waals surface area contributed by atoms with Crippen molar-refractivity contribution in [2.45, 2.75) is 81.6 Å². The first-order chi connectivity index (χ1) is 8.65. The number of aliphatic imine (C=N–C) groups is 1. The molecular formula is C14H23BN2S. The topological polar surface area (TPSA) is 15.6 Å². The van der Waals surface area contributed by atoms with E-state index in [0.717, 1.165) is 0 Å². The van der Waals surface area contributed by atoms with E-state index < -0.39 is 0 Å². The van der Waals surface area contributed by atoms with Crippen LogP contribution in [-0.2, 0) is 0 Å². The second-order valence-electron chi connectivity index (χ2n) is 6.26. The summed E-state index contributed by atoms with van der Waals surface area (Å²) in [5.41, 5.74) is 0. The lowest BCUT2D eigenvalue weighted by atomic mass is 9.76. The van der Waals surface area contributed by atoms with Gasteiger partial charge in [0.1, 0.15) is 0 Å².